The van der Waals surface area contributed by atoms with Crippen LogP contribution in [0, 0.1) is 6.92 Å². The Kier molecular flexibility index (Phi) is 4.60. The zero-order valence-electron chi connectivity index (χ0n) is 16.1. The lowest BCUT2D eigenvalue weighted by Gasteiger charge is -2.17. The van der Waals surface area contributed by atoms with Crippen molar-refractivity contribution in [3.8, 4) is 0 Å². The number of fused-ring (bicyclic) bond motifs is 1. The number of rotatable bonds is 5. The number of pyridine rings is 1. The van der Waals surface area contributed by atoms with Gasteiger partial charge in [-0.25, -0.2) is 15.0 Å². The summed E-state index contributed by atoms with van der Waals surface area (Å²) in [5.41, 5.74) is 2.35. The Morgan fingerprint density at radius 2 is 2.03 bits per heavy atom. The van der Waals surface area contributed by atoms with Crippen molar-refractivity contribution in [3.63, 3.8) is 0 Å². The molecule has 0 radical (unpaired) electrons. The minimum absolute atomic E-state index is 0.263. The number of nitrogens with one attached hydrogen (secondary N) is 2. The summed E-state index contributed by atoms with van der Waals surface area (Å²) >= 11 is 6.27. The third-order valence-electron chi connectivity index (χ3n) is 5.32. The number of halogens is 1. The summed E-state index contributed by atoms with van der Waals surface area (Å²) in [6.07, 6.45) is 10.5. The van der Waals surface area contributed by atoms with E-state index in [2.05, 4.69) is 30.5 Å². The molecule has 2 N–H and O–H groups in total. The topological polar surface area (TPSA) is 87.5 Å². The average molecular weight is 412 g/mol. The molecule has 0 aromatic carbocycles. The third kappa shape index (κ3) is 3.90. The summed E-state index contributed by atoms with van der Waals surface area (Å²) in [6, 6.07) is 2.90. The van der Waals surface area contributed by atoms with Crippen LogP contribution in [0.1, 0.15) is 35.4 Å². The molecule has 3 aromatic rings. The molecule has 1 saturated heterocycles. The van der Waals surface area contributed by atoms with Crippen molar-refractivity contribution in [1.29, 1.82) is 0 Å². The Morgan fingerprint density at radius 1 is 1.17 bits per heavy atom. The van der Waals surface area contributed by atoms with Gasteiger partial charge in [-0.3, -0.25) is 4.79 Å². The molecule has 1 unspecified atom stereocenters. The molecule has 0 spiro atoms. The molecule has 3 aromatic heterocycles. The van der Waals surface area contributed by atoms with Gasteiger partial charge in [0, 0.05) is 37.6 Å². The average Bonchev–Trinajstić information content (AvgIpc) is 3.24. The molecule has 1 atom stereocenters. The summed E-state index contributed by atoms with van der Waals surface area (Å²) in [5, 5.41) is 6.96. The van der Waals surface area contributed by atoms with Crippen LogP contribution in [0.4, 0.5) is 11.5 Å². The Hall–Kier alpha value is -2.71. The first-order chi connectivity index (χ1) is 14.0. The first-order valence-electron chi connectivity index (χ1n) is 9.84. The van der Waals surface area contributed by atoms with Crippen LogP contribution in [0.2, 0.25) is 5.02 Å². The second kappa shape index (κ2) is 7.27. The number of imidazole rings is 1. The Bertz CT molecular complexity index is 1060. The Morgan fingerprint density at radius 3 is 2.79 bits per heavy atom. The maximum absolute atomic E-state index is 12.6. The van der Waals surface area contributed by atoms with Gasteiger partial charge in [0.15, 0.2) is 5.65 Å². The first kappa shape index (κ1) is 18.3. The van der Waals surface area contributed by atoms with Gasteiger partial charge in [0.2, 0.25) is 0 Å². The second-order valence-corrected chi connectivity index (χ2v) is 8.18. The maximum atomic E-state index is 12.6. The molecule has 0 bridgehead atoms. The number of aryl methyl sites for hydroxylation is 1. The molecule has 1 saturated carbocycles. The standard InChI is InChI=1S/C20H22ClN7O/c1-12-9-28-11-15(6-16(21)19(28)24-12)26-20(29)17-7-23-18(8-22-17)27-5-4-14(10-27)25-13-2-3-13/h6-9,11,13-14,25H,2-5,10H2,1H3,(H,26,29). The molecule has 4 heterocycles. The molecular formula is C20H22ClN7O. The molecule has 2 fully saturated rings. The summed E-state index contributed by atoms with van der Waals surface area (Å²) in [6.45, 7) is 3.77. The van der Waals surface area contributed by atoms with Gasteiger partial charge in [-0.05, 0) is 32.3 Å². The van der Waals surface area contributed by atoms with Crippen LogP contribution in [0.5, 0.6) is 0 Å². The predicted molar refractivity (Wildman–Crippen MR) is 112 cm³/mol. The van der Waals surface area contributed by atoms with E-state index in [9.17, 15) is 4.79 Å². The van der Waals surface area contributed by atoms with Gasteiger partial charge >= 0.3 is 0 Å². The lowest BCUT2D eigenvalue weighted by Crippen LogP contribution is -2.34. The van der Waals surface area contributed by atoms with Gasteiger partial charge in [-0.1, -0.05) is 11.6 Å². The van der Waals surface area contributed by atoms with Crippen molar-refractivity contribution in [3.05, 3.63) is 47.3 Å². The van der Waals surface area contributed by atoms with Crippen LogP contribution in [-0.4, -0.2) is 50.4 Å². The molecule has 1 aliphatic heterocycles. The Labute approximate surface area is 173 Å². The van der Waals surface area contributed by atoms with E-state index < -0.39 is 0 Å². The van der Waals surface area contributed by atoms with Gasteiger partial charge in [-0.15, -0.1) is 0 Å². The lowest BCUT2D eigenvalue weighted by molar-refractivity contribution is 0.102. The van der Waals surface area contributed by atoms with E-state index in [4.69, 9.17) is 11.6 Å². The van der Waals surface area contributed by atoms with Gasteiger partial charge in [0.1, 0.15) is 11.5 Å². The van der Waals surface area contributed by atoms with Crippen molar-refractivity contribution in [2.24, 2.45) is 0 Å². The first-order valence-corrected chi connectivity index (χ1v) is 10.2. The van der Waals surface area contributed by atoms with Gasteiger partial charge in [-0.2, -0.15) is 0 Å². The van der Waals surface area contributed by atoms with E-state index in [1.807, 2.05) is 13.1 Å². The molecule has 5 rings (SSSR count). The van der Waals surface area contributed by atoms with Crippen molar-refractivity contribution >= 4 is 34.7 Å². The van der Waals surface area contributed by atoms with Crippen molar-refractivity contribution in [2.75, 3.05) is 23.3 Å². The number of nitrogens with zero attached hydrogens (tertiary/aromatic N) is 5. The number of hydrogen-bond donors (Lipinski definition) is 2. The second-order valence-electron chi connectivity index (χ2n) is 7.78. The molecule has 29 heavy (non-hydrogen) atoms. The molecule has 8 nitrogen and oxygen atoms in total. The highest BCUT2D eigenvalue weighted by molar-refractivity contribution is 6.33. The van der Waals surface area contributed by atoms with Crippen molar-refractivity contribution in [1.82, 2.24) is 24.7 Å². The van der Waals surface area contributed by atoms with E-state index in [0.29, 0.717) is 28.4 Å². The van der Waals surface area contributed by atoms with Crippen LogP contribution in [-0.2, 0) is 0 Å². The quantitative estimate of drug-likeness (QED) is 0.671. The SMILES string of the molecule is Cc1cn2cc(NC(=O)c3cnc(N4CCC(NC5CC5)C4)cn3)cc(Cl)c2n1. The van der Waals surface area contributed by atoms with Crippen LogP contribution in [0.25, 0.3) is 5.65 Å². The largest absolute Gasteiger partial charge is 0.354 e. The number of anilines is 2. The monoisotopic (exact) mass is 411 g/mol. The highest BCUT2D eigenvalue weighted by atomic mass is 35.5. The molecule has 9 heteroatoms. The summed E-state index contributed by atoms with van der Waals surface area (Å²) < 4.78 is 1.79. The number of aromatic nitrogens is 4. The molecule has 1 amide bonds. The zero-order valence-corrected chi connectivity index (χ0v) is 16.9. The van der Waals surface area contributed by atoms with E-state index in [1.165, 1.54) is 19.0 Å². The number of amides is 1. The van der Waals surface area contributed by atoms with Crippen LogP contribution in [0.15, 0.2) is 30.9 Å². The number of carbonyl (C=O) groups excluding carboxylic acids is 1. The zero-order chi connectivity index (χ0) is 20.0. The fourth-order valence-electron chi connectivity index (χ4n) is 3.73. The normalized spacial score (nSPS) is 19.1. The van der Waals surface area contributed by atoms with Crippen molar-refractivity contribution < 1.29 is 4.79 Å². The molecule has 2 aliphatic rings. The summed E-state index contributed by atoms with van der Waals surface area (Å²) in [7, 11) is 0. The molecule has 1 aliphatic carbocycles. The van der Waals surface area contributed by atoms with Crippen LogP contribution in [0.3, 0.4) is 0 Å². The molecule has 150 valence electrons. The number of hydrogen-bond acceptors (Lipinski definition) is 6. The van der Waals surface area contributed by atoms with Gasteiger partial charge in [0.25, 0.3) is 5.91 Å². The molecular weight excluding hydrogens is 390 g/mol. The predicted octanol–water partition coefficient (Wildman–Crippen LogP) is 2.67. The summed E-state index contributed by atoms with van der Waals surface area (Å²) in [4.78, 5) is 27.9. The van der Waals surface area contributed by atoms with E-state index >= 15 is 0 Å². The minimum atomic E-state index is -0.328. The van der Waals surface area contributed by atoms with E-state index in [-0.39, 0.29) is 11.6 Å². The highest BCUT2D eigenvalue weighted by Crippen LogP contribution is 2.24. The maximum Gasteiger partial charge on any atom is 0.275 e. The highest BCUT2D eigenvalue weighted by Gasteiger charge is 2.29. The van der Waals surface area contributed by atoms with Crippen LogP contribution < -0.4 is 15.5 Å². The fourth-order valence-corrected chi connectivity index (χ4v) is 3.99. The van der Waals surface area contributed by atoms with Crippen molar-refractivity contribution in [2.45, 2.75) is 38.3 Å². The van der Waals surface area contributed by atoms with E-state index in [1.54, 1.807) is 22.9 Å². The Balaban J connectivity index is 1.26. The van der Waals surface area contributed by atoms with Crippen LogP contribution >= 0.6 is 11.6 Å². The summed E-state index contributed by atoms with van der Waals surface area (Å²) in [5.74, 6) is 0.478. The van der Waals surface area contributed by atoms with Gasteiger partial charge < -0.3 is 19.9 Å². The third-order valence-corrected chi connectivity index (χ3v) is 5.59. The minimum Gasteiger partial charge on any atom is -0.354 e. The van der Waals surface area contributed by atoms with E-state index in [0.717, 1.165) is 31.0 Å². The lowest BCUT2D eigenvalue weighted by atomic mass is 10.2. The smallest absolute Gasteiger partial charge is 0.275 e. The fraction of sp³-hybridized carbons (Fsp3) is 0.400. The number of carbonyl (C=O) groups is 1. The van der Waals surface area contributed by atoms with Gasteiger partial charge in [0.05, 0.1) is 28.8 Å².